The van der Waals surface area contributed by atoms with Crippen LogP contribution in [0.4, 0.5) is 0 Å². The molecular weight excluding hydrogens is 903 g/mol. The second kappa shape index (κ2) is 13.0. The Balaban J connectivity index is 1.14. The van der Waals surface area contributed by atoms with Crippen LogP contribution in [0.1, 0.15) is 0 Å². The summed E-state index contributed by atoms with van der Waals surface area (Å²) in [4.78, 5) is 0. The molecule has 0 spiro atoms. The Bertz CT molecular complexity index is 4250. The number of fused-ring (bicyclic) bond motifs is 14. The van der Waals surface area contributed by atoms with Gasteiger partial charge in [0.15, 0.2) is 0 Å². The molecule has 0 fully saturated rings. The monoisotopic (exact) mass is 937 g/mol. The van der Waals surface area contributed by atoms with Crippen LogP contribution < -0.4 is 4.46 Å². The number of hydrogen-bond acceptors (Lipinski definition) is 0. The van der Waals surface area contributed by atoms with Crippen LogP contribution in [0.25, 0.3) is 151 Å². The molecule has 12 aromatic carbocycles. The Morgan fingerprint density at radius 1 is 0.250 bits per heavy atom. The third kappa shape index (κ3) is 4.68. The van der Waals surface area contributed by atoms with Crippen LogP contribution in [0.15, 0.2) is 200 Å². The van der Waals surface area contributed by atoms with Crippen molar-refractivity contribution in [1.82, 2.24) is 0 Å². The van der Waals surface area contributed by atoms with E-state index in [1.807, 2.05) is 0 Å². The molecule has 2 aliphatic carbocycles. The zero-order valence-electron chi connectivity index (χ0n) is 34.4. The predicted octanol–water partition coefficient (Wildman–Crippen LogP) is 15.9. The van der Waals surface area contributed by atoms with E-state index in [0.29, 0.717) is 0 Å². The van der Waals surface area contributed by atoms with Crippen molar-refractivity contribution in [1.29, 1.82) is 0 Å². The van der Waals surface area contributed by atoms with Gasteiger partial charge in [-0.15, -0.1) is 0 Å². The fourth-order valence-corrected chi connectivity index (χ4v) is 14.7. The van der Waals surface area contributed by atoms with Crippen molar-refractivity contribution in [3.05, 3.63) is 200 Å². The quantitative estimate of drug-likeness (QED) is 0.122. The summed E-state index contributed by atoms with van der Waals surface area (Å²) in [5.74, 6) is 0. The first-order valence-electron chi connectivity index (χ1n) is 22.0. The molecule has 15 rings (SSSR count). The summed E-state index contributed by atoms with van der Waals surface area (Å²) in [6.07, 6.45) is 0. The van der Waals surface area contributed by atoms with Gasteiger partial charge in [-0.3, -0.25) is 0 Å². The predicted molar refractivity (Wildman–Crippen MR) is 276 cm³/mol. The minimum absolute atomic E-state index is 0.256. The van der Waals surface area contributed by atoms with E-state index in [9.17, 15) is 0 Å². The summed E-state index contributed by atoms with van der Waals surface area (Å²) in [7, 11) is 0. The van der Waals surface area contributed by atoms with E-state index in [0.717, 1.165) is 4.46 Å². The summed E-state index contributed by atoms with van der Waals surface area (Å²) in [6, 6.07) is 76.3. The summed E-state index contributed by atoms with van der Waals surface area (Å²) >= 11 is 3.64. The summed E-state index contributed by atoms with van der Waals surface area (Å²) < 4.78 is 4.09. The molecule has 13 aromatic rings. The third-order valence-electron chi connectivity index (χ3n) is 14.4. The van der Waals surface area contributed by atoms with Crippen LogP contribution in [0.2, 0.25) is 0 Å². The Hall–Kier alpha value is -7.02. The Labute approximate surface area is 383 Å². The van der Waals surface area contributed by atoms with E-state index in [4.69, 9.17) is 0 Å². The van der Waals surface area contributed by atoms with Gasteiger partial charge in [-0.25, -0.2) is 0 Å². The fourth-order valence-electron chi connectivity index (χ4n) is 11.8. The van der Waals surface area contributed by atoms with Gasteiger partial charge in [0.2, 0.25) is 0 Å². The molecule has 1 radical (unpaired) electrons. The number of hydrogen-bond donors (Lipinski definition) is 0. The molecule has 1 heterocycles. The molecule has 0 N–H and O–H groups in total. The standard InChI is InChI=1S/C62H33Se2/c63-55-25-5-3-18-39(55)36-16-1-2-17-37(36)47-30-48-38(49-31-50-40-20-7-12-34-13-8-21-41(58(34)40)51(50)32-53(47)49)28-29-43-52(48)33-54-42-22-9-14-35-15-10-23-45(59(35)42)62(54)61(43)46-24-11-27-57-60(46)44-19-4-6-26-56(44)64-57/h1-33H. The topological polar surface area (TPSA) is 0 Å². The van der Waals surface area contributed by atoms with Gasteiger partial charge in [0, 0.05) is 0 Å². The molecule has 0 saturated carbocycles. The van der Waals surface area contributed by atoms with Crippen molar-refractivity contribution in [2.45, 2.75) is 0 Å². The van der Waals surface area contributed by atoms with Crippen LogP contribution in [-0.2, 0) is 0 Å². The average Bonchev–Trinajstić information content (AvgIpc) is 3.99. The molecule has 2 aliphatic rings. The number of benzene rings is 12. The van der Waals surface area contributed by atoms with E-state index < -0.39 is 0 Å². The second-order valence-corrected chi connectivity index (χ2v) is 20.7. The van der Waals surface area contributed by atoms with Crippen molar-refractivity contribution >= 4 is 108 Å². The van der Waals surface area contributed by atoms with Crippen molar-refractivity contribution < 1.29 is 0 Å². The van der Waals surface area contributed by atoms with Crippen molar-refractivity contribution in [2.75, 3.05) is 0 Å². The summed E-state index contributed by atoms with van der Waals surface area (Å²) in [5, 5.41) is 15.8. The number of rotatable bonds is 3. The van der Waals surface area contributed by atoms with E-state index in [1.165, 1.54) is 151 Å². The van der Waals surface area contributed by atoms with Gasteiger partial charge in [0.05, 0.1) is 0 Å². The first-order valence-corrected chi connectivity index (χ1v) is 24.6. The Morgan fingerprint density at radius 3 is 1.45 bits per heavy atom. The molecule has 0 bridgehead atoms. The van der Waals surface area contributed by atoms with Crippen molar-refractivity contribution in [3.63, 3.8) is 0 Å². The van der Waals surface area contributed by atoms with Crippen LogP contribution >= 0.6 is 0 Å². The van der Waals surface area contributed by atoms with Gasteiger partial charge in [0.1, 0.15) is 0 Å². The Morgan fingerprint density at radius 2 is 0.719 bits per heavy atom. The minimum atomic E-state index is 0.256. The van der Waals surface area contributed by atoms with Crippen LogP contribution in [-0.4, -0.2) is 30.5 Å². The van der Waals surface area contributed by atoms with Crippen LogP contribution in [0.5, 0.6) is 0 Å². The normalized spacial score (nSPS) is 12.4. The van der Waals surface area contributed by atoms with E-state index in [1.54, 1.807) is 0 Å². The molecule has 293 valence electrons. The van der Waals surface area contributed by atoms with Crippen LogP contribution in [0.3, 0.4) is 0 Å². The van der Waals surface area contributed by atoms with Gasteiger partial charge in [-0.2, -0.15) is 0 Å². The van der Waals surface area contributed by atoms with Gasteiger partial charge >= 0.3 is 386 Å². The first kappa shape index (κ1) is 35.4. The molecule has 0 nitrogen and oxygen atoms in total. The SMILES string of the molecule is [Se]c1ccccc1-c1ccccc1-c1cc2c3cc4c(c(-c5cccc6[se]c7ccccc7c56)c3ccc2c2cc3c(cc12)-c1cccc2cccc-3c12)-c1cccc2cccc-4c12. The molecule has 0 saturated heterocycles. The van der Waals surface area contributed by atoms with Gasteiger partial charge in [-0.05, 0) is 0 Å². The first-order chi connectivity index (χ1) is 31.7. The Kier molecular flexibility index (Phi) is 7.21. The average molecular weight is 936 g/mol. The summed E-state index contributed by atoms with van der Waals surface area (Å²) in [5.41, 5.74) is 18.2. The molecular formula is C62H33Se2. The van der Waals surface area contributed by atoms with E-state index in [-0.39, 0.29) is 14.5 Å². The van der Waals surface area contributed by atoms with E-state index in [2.05, 4.69) is 216 Å². The van der Waals surface area contributed by atoms with Gasteiger partial charge in [-0.1, -0.05) is 0 Å². The van der Waals surface area contributed by atoms with E-state index >= 15 is 0 Å². The van der Waals surface area contributed by atoms with Gasteiger partial charge < -0.3 is 0 Å². The third-order valence-corrected chi connectivity index (χ3v) is 17.5. The summed E-state index contributed by atoms with van der Waals surface area (Å²) in [6.45, 7) is 0. The molecule has 0 atom stereocenters. The van der Waals surface area contributed by atoms with Crippen LogP contribution in [0, 0.1) is 0 Å². The molecule has 0 unspecified atom stereocenters. The van der Waals surface area contributed by atoms with Crippen molar-refractivity contribution in [2.24, 2.45) is 0 Å². The second-order valence-electron chi connectivity index (χ2n) is 17.5. The molecule has 64 heavy (non-hydrogen) atoms. The van der Waals surface area contributed by atoms with Gasteiger partial charge in [0.25, 0.3) is 0 Å². The maximum absolute atomic E-state index is 3.38. The fraction of sp³-hybridized carbons (Fsp3) is 0. The molecule has 0 amide bonds. The van der Waals surface area contributed by atoms with Crippen molar-refractivity contribution in [3.8, 4) is 77.9 Å². The molecule has 0 aliphatic heterocycles. The molecule has 2 heteroatoms. The maximum atomic E-state index is 3.38. The molecule has 1 aromatic heterocycles. The zero-order valence-corrected chi connectivity index (χ0v) is 37.8. The zero-order chi connectivity index (χ0) is 41.8.